The van der Waals surface area contributed by atoms with E-state index in [0.717, 1.165) is 41.3 Å². The predicted molar refractivity (Wildman–Crippen MR) is 82.5 cm³/mol. The lowest BCUT2D eigenvalue weighted by atomic mass is 10.1. The summed E-state index contributed by atoms with van der Waals surface area (Å²) < 4.78 is 0. The maximum Gasteiger partial charge on any atom is 0.165 e. The molecule has 3 heteroatoms. The van der Waals surface area contributed by atoms with Crippen molar-refractivity contribution in [2.75, 3.05) is 11.4 Å². The summed E-state index contributed by atoms with van der Waals surface area (Å²) >= 11 is 6.25. The molecule has 0 fully saturated rings. The van der Waals surface area contributed by atoms with Crippen molar-refractivity contribution in [3.63, 3.8) is 0 Å². The van der Waals surface area contributed by atoms with Gasteiger partial charge in [0.15, 0.2) is 5.78 Å². The average molecular weight is 286 g/mol. The Morgan fingerprint density at radius 1 is 1.05 bits per heavy atom. The Labute approximate surface area is 124 Å². The van der Waals surface area contributed by atoms with Crippen molar-refractivity contribution in [3.8, 4) is 0 Å². The van der Waals surface area contributed by atoms with Crippen molar-refractivity contribution in [3.05, 3.63) is 64.7 Å². The number of Topliss-reactive ketones (excluding diaryl/α,β-unsaturated/α-hetero) is 1. The topological polar surface area (TPSA) is 20.3 Å². The van der Waals surface area contributed by atoms with Crippen LogP contribution in [0.15, 0.2) is 48.5 Å². The van der Waals surface area contributed by atoms with Gasteiger partial charge in [-0.2, -0.15) is 0 Å². The SMILES string of the molecule is O=C1CCCN(Cc2ccccc2Cl)c2ccccc21. The van der Waals surface area contributed by atoms with E-state index in [2.05, 4.69) is 4.90 Å². The van der Waals surface area contributed by atoms with E-state index < -0.39 is 0 Å². The third-order valence-corrected chi connectivity index (χ3v) is 4.06. The molecule has 1 aliphatic rings. The number of hydrogen-bond donors (Lipinski definition) is 0. The molecular weight excluding hydrogens is 270 g/mol. The van der Waals surface area contributed by atoms with E-state index in [-0.39, 0.29) is 5.78 Å². The number of halogens is 1. The van der Waals surface area contributed by atoms with E-state index in [1.807, 2.05) is 48.5 Å². The highest BCUT2D eigenvalue weighted by Gasteiger charge is 2.20. The first-order valence-electron chi connectivity index (χ1n) is 6.86. The van der Waals surface area contributed by atoms with Crippen molar-refractivity contribution in [1.29, 1.82) is 0 Å². The van der Waals surface area contributed by atoms with Gasteiger partial charge in [-0.3, -0.25) is 4.79 Å². The first kappa shape index (κ1) is 13.2. The Kier molecular flexibility index (Phi) is 3.75. The molecule has 1 heterocycles. The van der Waals surface area contributed by atoms with E-state index >= 15 is 0 Å². The van der Waals surface area contributed by atoms with Gasteiger partial charge in [0.2, 0.25) is 0 Å². The van der Waals surface area contributed by atoms with Gasteiger partial charge in [0.05, 0.1) is 0 Å². The largest absolute Gasteiger partial charge is 0.367 e. The van der Waals surface area contributed by atoms with Gasteiger partial charge in [-0.1, -0.05) is 41.9 Å². The van der Waals surface area contributed by atoms with E-state index in [1.54, 1.807) is 0 Å². The lowest BCUT2D eigenvalue weighted by Crippen LogP contribution is -2.23. The quantitative estimate of drug-likeness (QED) is 0.819. The normalized spacial score (nSPS) is 14.8. The maximum atomic E-state index is 12.1. The second-order valence-corrected chi connectivity index (χ2v) is 5.46. The molecule has 0 aromatic heterocycles. The third-order valence-electron chi connectivity index (χ3n) is 3.70. The van der Waals surface area contributed by atoms with Gasteiger partial charge in [-0.05, 0) is 30.2 Å². The lowest BCUT2D eigenvalue weighted by molar-refractivity contribution is 0.0984. The molecule has 1 aliphatic heterocycles. The van der Waals surface area contributed by atoms with Crippen LogP contribution >= 0.6 is 11.6 Å². The van der Waals surface area contributed by atoms with E-state index in [4.69, 9.17) is 11.6 Å². The minimum atomic E-state index is 0.238. The summed E-state index contributed by atoms with van der Waals surface area (Å²) in [5.41, 5.74) is 2.95. The van der Waals surface area contributed by atoms with Crippen LogP contribution in [-0.2, 0) is 6.54 Å². The number of hydrogen-bond acceptors (Lipinski definition) is 2. The van der Waals surface area contributed by atoms with Crippen LogP contribution in [0.4, 0.5) is 5.69 Å². The number of fused-ring (bicyclic) bond motifs is 1. The number of benzene rings is 2. The molecule has 0 aliphatic carbocycles. The summed E-state index contributed by atoms with van der Waals surface area (Å²) in [7, 11) is 0. The Hall–Kier alpha value is -1.80. The minimum absolute atomic E-state index is 0.238. The Morgan fingerprint density at radius 2 is 1.80 bits per heavy atom. The van der Waals surface area contributed by atoms with Crippen molar-refractivity contribution >= 4 is 23.1 Å². The van der Waals surface area contributed by atoms with E-state index in [0.29, 0.717) is 6.42 Å². The summed E-state index contributed by atoms with van der Waals surface area (Å²) in [6.07, 6.45) is 1.51. The van der Waals surface area contributed by atoms with E-state index in [1.165, 1.54) is 0 Å². The number of ketones is 1. The molecular formula is C17H16ClNO. The van der Waals surface area contributed by atoms with Gasteiger partial charge in [-0.15, -0.1) is 0 Å². The molecule has 0 atom stereocenters. The summed E-state index contributed by atoms with van der Waals surface area (Å²) in [6.45, 7) is 1.62. The first-order chi connectivity index (χ1) is 9.75. The van der Waals surface area contributed by atoms with Gasteiger partial charge in [-0.25, -0.2) is 0 Å². The van der Waals surface area contributed by atoms with Crippen LogP contribution in [-0.4, -0.2) is 12.3 Å². The highest BCUT2D eigenvalue weighted by Crippen LogP contribution is 2.28. The second-order valence-electron chi connectivity index (χ2n) is 5.06. The fourth-order valence-corrected chi connectivity index (χ4v) is 2.86. The van der Waals surface area contributed by atoms with Crippen molar-refractivity contribution in [1.82, 2.24) is 0 Å². The van der Waals surface area contributed by atoms with Crippen molar-refractivity contribution < 1.29 is 4.79 Å². The zero-order chi connectivity index (χ0) is 13.9. The maximum absolute atomic E-state index is 12.1. The molecule has 0 spiro atoms. The monoisotopic (exact) mass is 285 g/mol. The zero-order valence-corrected chi connectivity index (χ0v) is 11.9. The van der Waals surface area contributed by atoms with Crippen LogP contribution in [0.3, 0.4) is 0 Å². The van der Waals surface area contributed by atoms with Gasteiger partial charge in [0.1, 0.15) is 0 Å². The molecule has 0 radical (unpaired) electrons. The Bertz CT molecular complexity index is 638. The number of para-hydroxylation sites is 1. The van der Waals surface area contributed by atoms with Gasteiger partial charge in [0.25, 0.3) is 0 Å². The highest BCUT2D eigenvalue weighted by atomic mass is 35.5. The molecule has 3 rings (SSSR count). The van der Waals surface area contributed by atoms with Crippen LogP contribution in [0.1, 0.15) is 28.8 Å². The fraction of sp³-hybridized carbons (Fsp3) is 0.235. The number of carbonyl (C=O) groups excluding carboxylic acids is 1. The van der Waals surface area contributed by atoms with Crippen LogP contribution in [0.5, 0.6) is 0 Å². The Balaban J connectivity index is 1.96. The molecule has 0 bridgehead atoms. The van der Waals surface area contributed by atoms with E-state index in [9.17, 15) is 4.79 Å². The molecule has 0 saturated carbocycles. The van der Waals surface area contributed by atoms with Crippen LogP contribution in [0, 0.1) is 0 Å². The summed E-state index contributed by atoms with van der Waals surface area (Å²) in [5.74, 6) is 0.238. The van der Waals surface area contributed by atoms with Gasteiger partial charge in [0, 0.05) is 35.8 Å². The molecule has 2 aromatic carbocycles. The molecule has 0 amide bonds. The van der Waals surface area contributed by atoms with Crippen LogP contribution in [0.2, 0.25) is 5.02 Å². The molecule has 0 N–H and O–H groups in total. The number of rotatable bonds is 2. The number of carbonyl (C=O) groups is 1. The molecule has 102 valence electrons. The zero-order valence-electron chi connectivity index (χ0n) is 11.2. The fourth-order valence-electron chi connectivity index (χ4n) is 2.67. The Morgan fingerprint density at radius 3 is 2.65 bits per heavy atom. The molecule has 20 heavy (non-hydrogen) atoms. The van der Waals surface area contributed by atoms with Crippen LogP contribution < -0.4 is 4.90 Å². The summed E-state index contributed by atoms with van der Waals surface area (Å²) in [6, 6.07) is 15.7. The predicted octanol–water partition coefficient (Wildman–Crippen LogP) is 4.32. The molecule has 2 nitrogen and oxygen atoms in total. The summed E-state index contributed by atoms with van der Waals surface area (Å²) in [5, 5.41) is 0.778. The minimum Gasteiger partial charge on any atom is -0.367 e. The highest BCUT2D eigenvalue weighted by molar-refractivity contribution is 6.31. The van der Waals surface area contributed by atoms with Gasteiger partial charge >= 0.3 is 0 Å². The second kappa shape index (κ2) is 5.68. The smallest absolute Gasteiger partial charge is 0.165 e. The average Bonchev–Trinajstić information content (AvgIpc) is 2.62. The molecule has 0 unspecified atom stereocenters. The third kappa shape index (κ3) is 2.56. The van der Waals surface area contributed by atoms with Crippen molar-refractivity contribution in [2.24, 2.45) is 0 Å². The lowest BCUT2D eigenvalue weighted by Gasteiger charge is -2.25. The van der Waals surface area contributed by atoms with Crippen molar-refractivity contribution in [2.45, 2.75) is 19.4 Å². The van der Waals surface area contributed by atoms with Crippen LogP contribution in [0.25, 0.3) is 0 Å². The molecule has 2 aromatic rings. The number of anilines is 1. The standard InChI is InChI=1S/C17H16ClNO/c18-15-8-3-1-6-13(15)12-19-11-5-10-17(20)14-7-2-4-9-16(14)19/h1-4,6-9H,5,10-12H2. The summed E-state index contributed by atoms with van der Waals surface area (Å²) in [4.78, 5) is 14.4. The molecule has 0 saturated heterocycles. The van der Waals surface area contributed by atoms with Gasteiger partial charge < -0.3 is 4.90 Å². The number of nitrogens with zero attached hydrogens (tertiary/aromatic N) is 1. The first-order valence-corrected chi connectivity index (χ1v) is 7.24.